The standard InChI is InChI=1S/C11H11BrF3NO2/c1-18-10(17)5-9(16)7-4-6(11(13,14)15)2-3-8(7)12/h2-4,9H,5,16H2,1H3/t9-/m0/s1. The number of rotatable bonds is 3. The van der Waals surface area contributed by atoms with Crippen molar-refractivity contribution in [2.45, 2.75) is 18.6 Å². The second-order valence-corrected chi connectivity index (χ2v) is 4.48. The van der Waals surface area contributed by atoms with E-state index < -0.39 is 23.8 Å². The molecule has 0 radical (unpaired) electrons. The zero-order chi connectivity index (χ0) is 13.9. The summed E-state index contributed by atoms with van der Waals surface area (Å²) in [5.74, 6) is -0.577. The summed E-state index contributed by atoms with van der Waals surface area (Å²) in [5.41, 5.74) is 5.10. The SMILES string of the molecule is COC(=O)C[C@H](N)c1cc(C(F)(F)F)ccc1Br. The highest BCUT2D eigenvalue weighted by atomic mass is 79.9. The molecule has 0 unspecified atom stereocenters. The number of carbonyl (C=O) groups excluding carboxylic acids is 1. The topological polar surface area (TPSA) is 52.3 Å². The summed E-state index contributed by atoms with van der Waals surface area (Å²) in [4.78, 5) is 11.0. The van der Waals surface area contributed by atoms with E-state index in [1.54, 1.807) is 0 Å². The van der Waals surface area contributed by atoms with Gasteiger partial charge < -0.3 is 10.5 Å². The Kier molecular flexibility index (Phi) is 4.75. The first-order valence-corrected chi connectivity index (χ1v) is 5.74. The van der Waals surface area contributed by atoms with Crippen molar-refractivity contribution in [3.05, 3.63) is 33.8 Å². The molecule has 0 saturated heterocycles. The Morgan fingerprint density at radius 1 is 1.50 bits per heavy atom. The molecule has 0 bridgehead atoms. The second-order valence-electron chi connectivity index (χ2n) is 3.62. The van der Waals surface area contributed by atoms with E-state index in [1.807, 2.05) is 0 Å². The molecule has 0 aliphatic heterocycles. The highest BCUT2D eigenvalue weighted by molar-refractivity contribution is 9.10. The average molecular weight is 326 g/mol. The molecule has 1 atom stereocenters. The van der Waals surface area contributed by atoms with Gasteiger partial charge in [-0.25, -0.2) is 0 Å². The number of carbonyl (C=O) groups is 1. The van der Waals surface area contributed by atoms with Crippen LogP contribution in [0.1, 0.15) is 23.6 Å². The predicted octanol–water partition coefficient (Wildman–Crippen LogP) is 3.03. The van der Waals surface area contributed by atoms with Gasteiger partial charge in [0.05, 0.1) is 19.1 Å². The van der Waals surface area contributed by atoms with Crippen LogP contribution in [0, 0.1) is 0 Å². The van der Waals surface area contributed by atoms with Gasteiger partial charge in [-0.2, -0.15) is 13.2 Å². The first kappa shape index (κ1) is 15.0. The molecule has 18 heavy (non-hydrogen) atoms. The number of alkyl halides is 3. The van der Waals surface area contributed by atoms with E-state index in [2.05, 4.69) is 20.7 Å². The number of ether oxygens (including phenoxy) is 1. The van der Waals surface area contributed by atoms with Gasteiger partial charge in [0.1, 0.15) is 0 Å². The molecule has 1 aromatic rings. The molecule has 3 nitrogen and oxygen atoms in total. The summed E-state index contributed by atoms with van der Waals surface area (Å²) >= 11 is 3.11. The van der Waals surface area contributed by atoms with Crippen molar-refractivity contribution in [1.29, 1.82) is 0 Å². The first-order valence-electron chi connectivity index (χ1n) is 4.94. The largest absolute Gasteiger partial charge is 0.469 e. The zero-order valence-electron chi connectivity index (χ0n) is 9.42. The van der Waals surface area contributed by atoms with Crippen LogP contribution >= 0.6 is 15.9 Å². The minimum absolute atomic E-state index is 0.184. The number of benzene rings is 1. The highest BCUT2D eigenvalue weighted by Gasteiger charge is 2.31. The molecule has 0 saturated carbocycles. The molecule has 1 aromatic carbocycles. The molecule has 0 fully saturated rings. The van der Waals surface area contributed by atoms with Crippen LogP contribution in [0.5, 0.6) is 0 Å². The third-order valence-electron chi connectivity index (χ3n) is 2.34. The summed E-state index contributed by atoms with van der Waals surface area (Å²) < 4.78 is 42.5. The van der Waals surface area contributed by atoms with Gasteiger partial charge in [-0.15, -0.1) is 0 Å². The van der Waals surface area contributed by atoms with E-state index >= 15 is 0 Å². The molecule has 0 aliphatic rings. The Labute approximate surface area is 110 Å². The van der Waals surface area contributed by atoms with Crippen LogP contribution in [-0.4, -0.2) is 13.1 Å². The van der Waals surface area contributed by atoms with Gasteiger partial charge in [0.15, 0.2) is 0 Å². The smallest absolute Gasteiger partial charge is 0.416 e. The van der Waals surface area contributed by atoms with Gasteiger partial charge >= 0.3 is 12.1 Å². The van der Waals surface area contributed by atoms with Crippen molar-refractivity contribution < 1.29 is 22.7 Å². The van der Waals surface area contributed by atoms with E-state index in [1.165, 1.54) is 13.2 Å². The lowest BCUT2D eigenvalue weighted by molar-refractivity contribution is -0.141. The molecule has 7 heteroatoms. The number of nitrogens with two attached hydrogens (primary N) is 1. The lowest BCUT2D eigenvalue weighted by atomic mass is 10.0. The number of esters is 1. The molecular weight excluding hydrogens is 315 g/mol. The second kappa shape index (κ2) is 5.71. The summed E-state index contributed by atoms with van der Waals surface area (Å²) in [5, 5.41) is 0. The van der Waals surface area contributed by atoms with Gasteiger partial charge in [0, 0.05) is 10.5 Å². The van der Waals surface area contributed by atoms with E-state index in [9.17, 15) is 18.0 Å². The first-order chi connectivity index (χ1) is 8.25. The predicted molar refractivity (Wildman–Crippen MR) is 62.7 cm³/mol. The lowest BCUT2D eigenvalue weighted by Gasteiger charge is -2.15. The van der Waals surface area contributed by atoms with Crippen LogP contribution < -0.4 is 5.73 Å². The fourth-order valence-electron chi connectivity index (χ4n) is 1.38. The Bertz CT molecular complexity index is 448. The summed E-state index contributed by atoms with van der Waals surface area (Å²) in [6, 6.07) is 2.28. The molecular formula is C11H11BrF3NO2. The minimum atomic E-state index is -4.44. The Balaban J connectivity index is 3.04. The van der Waals surface area contributed by atoms with Crippen LogP contribution in [0.2, 0.25) is 0 Å². The molecule has 0 aliphatic carbocycles. The summed E-state index contributed by atoms with van der Waals surface area (Å²) in [7, 11) is 1.19. The number of hydrogen-bond donors (Lipinski definition) is 1. The Morgan fingerprint density at radius 2 is 2.11 bits per heavy atom. The summed E-state index contributed by atoms with van der Waals surface area (Å²) in [6.07, 6.45) is -4.63. The third kappa shape index (κ3) is 3.71. The van der Waals surface area contributed by atoms with Crippen LogP contribution in [0.25, 0.3) is 0 Å². The monoisotopic (exact) mass is 325 g/mol. The van der Waals surface area contributed by atoms with Gasteiger partial charge in [-0.3, -0.25) is 4.79 Å². The van der Waals surface area contributed by atoms with E-state index in [0.717, 1.165) is 12.1 Å². The molecule has 0 spiro atoms. The Hall–Kier alpha value is -1.08. The molecule has 100 valence electrons. The minimum Gasteiger partial charge on any atom is -0.469 e. The van der Waals surface area contributed by atoms with Gasteiger partial charge in [0.25, 0.3) is 0 Å². The molecule has 1 rings (SSSR count). The van der Waals surface area contributed by atoms with Crippen molar-refractivity contribution in [2.24, 2.45) is 5.73 Å². The maximum absolute atomic E-state index is 12.5. The summed E-state index contributed by atoms with van der Waals surface area (Å²) in [6.45, 7) is 0. The molecule has 0 heterocycles. The van der Waals surface area contributed by atoms with Crippen LogP contribution in [-0.2, 0) is 15.7 Å². The van der Waals surface area contributed by atoms with Crippen molar-refractivity contribution in [1.82, 2.24) is 0 Å². The van der Waals surface area contributed by atoms with Crippen LogP contribution in [0.15, 0.2) is 22.7 Å². The average Bonchev–Trinajstić information content (AvgIpc) is 2.27. The quantitative estimate of drug-likeness (QED) is 0.869. The third-order valence-corrected chi connectivity index (χ3v) is 3.06. The van der Waals surface area contributed by atoms with Crippen LogP contribution in [0.4, 0.5) is 13.2 Å². The lowest BCUT2D eigenvalue weighted by Crippen LogP contribution is -2.18. The van der Waals surface area contributed by atoms with Gasteiger partial charge in [0.2, 0.25) is 0 Å². The number of halogens is 4. The maximum Gasteiger partial charge on any atom is 0.416 e. The van der Waals surface area contributed by atoms with Gasteiger partial charge in [-0.1, -0.05) is 15.9 Å². The van der Waals surface area contributed by atoms with Crippen molar-refractivity contribution in [3.63, 3.8) is 0 Å². The van der Waals surface area contributed by atoms with Crippen molar-refractivity contribution in [2.75, 3.05) is 7.11 Å². The van der Waals surface area contributed by atoms with Crippen molar-refractivity contribution >= 4 is 21.9 Å². The van der Waals surface area contributed by atoms with E-state index in [0.29, 0.717) is 4.47 Å². The number of hydrogen-bond acceptors (Lipinski definition) is 3. The molecule has 2 N–H and O–H groups in total. The van der Waals surface area contributed by atoms with Crippen molar-refractivity contribution in [3.8, 4) is 0 Å². The zero-order valence-corrected chi connectivity index (χ0v) is 11.0. The van der Waals surface area contributed by atoms with E-state index in [4.69, 9.17) is 5.73 Å². The van der Waals surface area contributed by atoms with Gasteiger partial charge in [-0.05, 0) is 23.8 Å². The fourth-order valence-corrected chi connectivity index (χ4v) is 1.92. The molecule has 0 amide bonds. The highest BCUT2D eigenvalue weighted by Crippen LogP contribution is 2.34. The van der Waals surface area contributed by atoms with Crippen LogP contribution in [0.3, 0.4) is 0 Å². The maximum atomic E-state index is 12.5. The van der Waals surface area contributed by atoms with E-state index in [-0.39, 0.29) is 12.0 Å². The fraction of sp³-hybridized carbons (Fsp3) is 0.364. The molecule has 0 aromatic heterocycles. The Morgan fingerprint density at radius 3 is 2.61 bits per heavy atom. The normalized spacial score (nSPS) is 13.2. The number of methoxy groups -OCH3 is 1.